The summed E-state index contributed by atoms with van der Waals surface area (Å²) in [6.45, 7) is 11.8. The van der Waals surface area contributed by atoms with Crippen LogP contribution in [0.5, 0.6) is 0 Å². The zero-order chi connectivity index (χ0) is 15.6. The minimum Gasteiger partial charge on any atom is -0.390 e. The molecule has 0 saturated carbocycles. The van der Waals surface area contributed by atoms with Crippen LogP contribution in [0, 0.1) is 0 Å². The van der Waals surface area contributed by atoms with Crippen molar-refractivity contribution in [3.05, 3.63) is 11.8 Å². The van der Waals surface area contributed by atoms with E-state index in [4.69, 9.17) is 9.47 Å². The fraction of sp³-hybridized carbons (Fsp3) is 0.867. The molecule has 0 fully saturated rings. The second-order valence-electron chi connectivity index (χ2n) is 6.67. The first-order valence-electron chi connectivity index (χ1n) is 7.30. The number of rotatable bonds is 11. The largest absolute Gasteiger partial charge is 0.390 e. The highest BCUT2D eigenvalue weighted by atomic mass is 28.3. The van der Waals surface area contributed by atoms with Gasteiger partial charge in [0.25, 0.3) is 0 Å². The Bertz CT molecular complexity index is 267. The monoisotopic (exact) mass is 303 g/mol. The van der Waals surface area contributed by atoms with Crippen LogP contribution in [-0.4, -0.2) is 70.4 Å². The molecule has 0 spiro atoms. The Balaban J connectivity index is 4.40. The molecular formula is C15H33NO3Si. The molecule has 0 aromatic carbocycles. The Labute approximate surface area is 125 Å². The lowest BCUT2D eigenvalue weighted by atomic mass is 10.1. The molecule has 0 atom stereocenters. The van der Waals surface area contributed by atoms with Gasteiger partial charge in [-0.2, -0.15) is 0 Å². The summed E-state index contributed by atoms with van der Waals surface area (Å²) in [6, 6.07) is 0. The van der Waals surface area contributed by atoms with Crippen molar-refractivity contribution < 1.29 is 14.6 Å². The van der Waals surface area contributed by atoms with E-state index in [0.29, 0.717) is 6.42 Å². The van der Waals surface area contributed by atoms with Crippen LogP contribution >= 0.6 is 0 Å². The quantitative estimate of drug-likeness (QED) is 0.594. The van der Waals surface area contributed by atoms with Crippen molar-refractivity contribution in [3.63, 3.8) is 0 Å². The number of hydrogen-bond acceptors (Lipinski definition) is 4. The van der Waals surface area contributed by atoms with Gasteiger partial charge in [-0.25, -0.2) is 0 Å². The van der Waals surface area contributed by atoms with Crippen molar-refractivity contribution in [3.8, 4) is 0 Å². The standard InChI is InChI=1S/C15H33NO3Si/c1-15(2,17)8-7-13-20(5,6)14-16(9-11-18-3)10-12-19-4/h7,13,17H,8-12,14H2,1-6H3/b13-7+. The molecule has 0 unspecified atom stereocenters. The van der Waals surface area contributed by atoms with Gasteiger partial charge < -0.3 is 19.5 Å². The molecule has 5 heteroatoms. The van der Waals surface area contributed by atoms with Crippen molar-refractivity contribution in [2.45, 2.75) is 39.0 Å². The maximum Gasteiger partial charge on any atom is 0.0857 e. The molecule has 0 heterocycles. The molecule has 0 radical (unpaired) electrons. The van der Waals surface area contributed by atoms with Gasteiger partial charge in [0.05, 0.1) is 26.9 Å². The van der Waals surface area contributed by atoms with Crippen LogP contribution in [-0.2, 0) is 9.47 Å². The average Bonchev–Trinajstić information content (AvgIpc) is 2.30. The molecule has 0 bridgehead atoms. The predicted molar refractivity (Wildman–Crippen MR) is 87.7 cm³/mol. The van der Waals surface area contributed by atoms with Crippen LogP contribution in [0.4, 0.5) is 0 Å². The van der Waals surface area contributed by atoms with Crippen LogP contribution in [0.25, 0.3) is 0 Å². The molecule has 20 heavy (non-hydrogen) atoms. The van der Waals surface area contributed by atoms with E-state index in [-0.39, 0.29) is 0 Å². The summed E-state index contributed by atoms with van der Waals surface area (Å²) in [5, 5.41) is 9.75. The molecule has 120 valence electrons. The minimum absolute atomic E-state index is 0.618. The van der Waals surface area contributed by atoms with E-state index in [1.165, 1.54) is 0 Å². The van der Waals surface area contributed by atoms with Crippen molar-refractivity contribution in [1.29, 1.82) is 0 Å². The van der Waals surface area contributed by atoms with E-state index in [1.807, 2.05) is 13.8 Å². The van der Waals surface area contributed by atoms with Gasteiger partial charge >= 0.3 is 0 Å². The summed E-state index contributed by atoms with van der Waals surface area (Å²) in [5.74, 6) is 0. The van der Waals surface area contributed by atoms with Crippen LogP contribution in [0.1, 0.15) is 20.3 Å². The Morgan fingerprint density at radius 1 is 1.10 bits per heavy atom. The summed E-state index contributed by atoms with van der Waals surface area (Å²) in [6.07, 6.45) is 3.93. The van der Waals surface area contributed by atoms with Crippen molar-refractivity contribution in [2.24, 2.45) is 0 Å². The summed E-state index contributed by atoms with van der Waals surface area (Å²) >= 11 is 0. The molecule has 0 aromatic heterocycles. The fourth-order valence-electron chi connectivity index (χ4n) is 2.01. The predicted octanol–water partition coefficient (Wildman–Crippen LogP) is 2.09. The van der Waals surface area contributed by atoms with E-state index >= 15 is 0 Å². The van der Waals surface area contributed by atoms with E-state index in [1.54, 1.807) is 14.2 Å². The highest BCUT2D eigenvalue weighted by Gasteiger charge is 2.21. The summed E-state index contributed by atoms with van der Waals surface area (Å²) in [5.41, 5.74) is 1.71. The smallest absolute Gasteiger partial charge is 0.0857 e. The van der Waals surface area contributed by atoms with Crippen LogP contribution in [0.2, 0.25) is 13.1 Å². The van der Waals surface area contributed by atoms with Gasteiger partial charge in [0, 0.05) is 27.3 Å². The zero-order valence-electron chi connectivity index (χ0n) is 14.1. The van der Waals surface area contributed by atoms with Crippen LogP contribution in [0.15, 0.2) is 11.8 Å². The van der Waals surface area contributed by atoms with E-state index in [0.717, 1.165) is 32.5 Å². The van der Waals surface area contributed by atoms with Crippen LogP contribution in [0.3, 0.4) is 0 Å². The van der Waals surface area contributed by atoms with Gasteiger partial charge in [0.2, 0.25) is 0 Å². The molecule has 0 rings (SSSR count). The third kappa shape index (κ3) is 11.6. The van der Waals surface area contributed by atoms with Gasteiger partial charge in [-0.15, -0.1) is 0 Å². The average molecular weight is 304 g/mol. The van der Waals surface area contributed by atoms with Crippen LogP contribution < -0.4 is 0 Å². The molecule has 0 aliphatic heterocycles. The maximum absolute atomic E-state index is 9.75. The Hall–Kier alpha value is -0.203. The molecule has 0 aliphatic carbocycles. The SMILES string of the molecule is COCCN(CCOC)C[Si](C)(C)/C=C/CC(C)(C)O. The summed E-state index contributed by atoms with van der Waals surface area (Å²) in [7, 11) is 2.03. The topological polar surface area (TPSA) is 41.9 Å². The normalized spacial score (nSPS) is 13.6. The van der Waals surface area contributed by atoms with Gasteiger partial charge in [-0.1, -0.05) is 24.9 Å². The maximum atomic E-state index is 9.75. The van der Waals surface area contributed by atoms with Gasteiger partial charge in [0.15, 0.2) is 0 Å². The van der Waals surface area contributed by atoms with Gasteiger partial charge in [-0.3, -0.25) is 0 Å². The number of methoxy groups -OCH3 is 2. The van der Waals surface area contributed by atoms with Crippen molar-refractivity contribution in [2.75, 3.05) is 46.7 Å². The molecule has 4 nitrogen and oxygen atoms in total. The molecule has 1 N–H and O–H groups in total. The zero-order valence-corrected chi connectivity index (χ0v) is 15.1. The highest BCUT2D eigenvalue weighted by Crippen LogP contribution is 2.12. The second-order valence-corrected chi connectivity index (χ2v) is 11.3. The number of nitrogens with zero attached hydrogens (tertiary/aromatic N) is 1. The lowest BCUT2D eigenvalue weighted by Gasteiger charge is -2.29. The van der Waals surface area contributed by atoms with Gasteiger partial charge in [-0.05, 0) is 26.4 Å². The number of hydrogen-bond donors (Lipinski definition) is 1. The molecule has 0 amide bonds. The first-order chi connectivity index (χ1) is 9.20. The van der Waals surface area contributed by atoms with Gasteiger partial charge in [0.1, 0.15) is 0 Å². The summed E-state index contributed by atoms with van der Waals surface area (Å²) < 4.78 is 10.3. The molecular weight excluding hydrogens is 270 g/mol. The van der Waals surface area contributed by atoms with Crippen molar-refractivity contribution >= 4 is 8.07 Å². The third-order valence-electron chi connectivity index (χ3n) is 3.04. The Morgan fingerprint density at radius 3 is 2.00 bits per heavy atom. The first kappa shape index (κ1) is 19.8. The molecule has 0 aromatic rings. The highest BCUT2D eigenvalue weighted by molar-refractivity contribution is 6.82. The van der Waals surface area contributed by atoms with E-state index in [2.05, 4.69) is 29.8 Å². The number of ether oxygens (including phenoxy) is 2. The lowest BCUT2D eigenvalue weighted by molar-refractivity contribution is 0.0839. The van der Waals surface area contributed by atoms with E-state index < -0.39 is 13.7 Å². The number of aliphatic hydroxyl groups is 1. The third-order valence-corrected chi connectivity index (χ3v) is 5.44. The summed E-state index contributed by atoms with van der Waals surface area (Å²) in [4.78, 5) is 2.41. The van der Waals surface area contributed by atoms with Crippen molar-refractivity contribution in [1.82, 2.24) is 4.90 Å². The Morgan fingerprint density at radius 2 is 1.60 bits per heavy atom. The minimum atomic E-state index is -1.44. The first-order valence-corrected chi connectivity index (χ1v) is 10.6. The Kier molecular flexibility index (Phi) is 9.58. The molecule has 0 aliphatic rings. The molecule has 0 saturated heterocycles. The fourth-order valence-corrected chi connectivity index (χ4v) is 4.34. The second kappa shape index (κ2) is 9.68. The lowest BCUT2D eigenvalue weighted by Crippen LogP contribution is -2.44. The van der Waals surface area contributed by atoms with E-state index in [9.17, 15) is 5.11 Å².